The lowest BCUT2D eigenvalue weighted by Crippen LogP contribution is -2.45. The van der Waals surface area contributed by atoms with Crippen molar-refractivity contribution in [3.8, 4) is 0 Å². The maximum atomic E-state index is 11.8. The lowest BCUT2D eigenvalue weighted by molar-refractivity contribution is -0.121. The molecule has 1 aromatic rings. The van der Waals surface area contributed by atoms with Gasteiger partial charge in [-0.15, -0.1) is 0 Å². The molecule has 6 nitrogen and oxygen atoms in total. The van der Waals surface area contributed by atoms with E-state index in [1.54, 1.807) is 13.0 Å². The maximum absolute atomic E-state index is 11.8. The Kier molecular flexibility index (Phi) is 5.50. The number of alkyl halides is 1. The summed E-state index contributed by atoms with van der Waals surface area (Å²) >= 11 is 3.13. The van der Waals surface area contributed by atoms with E-state index in [0.29, 0.717) is 6.42 Å². The lowest BCUT2D eigenvalue weighted by atomic mass is 10.1. The first kappa shape index (κ1) is 15.2. The molecule has 0 heterocycles. The van der Waals surface area contributed by atoms with Gasteiger partial charge in [0.25, 0.3) is 11.8 Å². The van der Waals surface area contributed by atoms with E-state index in [1.165, 1.54) is 18.2 Å². The number of rotatable bonds is 4. The van der Waals surface area contributed by atoms with E-state index in [-0.39, 0.29) is 11.1 Å². The Labute approximate surface area is 118 Å². The van der Waals surface area contributed by atoms with Gasteiger partial charge in [0.2, 0.25) is 0 Å². The molecule has 0 saturated heterocycles. The number of hydrogen-bond donors (Lipinski definition) is 3. The van der Waals surface area contributed by atoms with Gasteiger partial charge in [-0.3, -0.25) is 20.4 Å². The highest BCUT2D eigenvalue weighted by molar-refractivity contribution is 9.10. The number of amides is 2. The summed E-state index contributed by atoms with van der Waals surface area (Å²) in [6.07, 6.45) is 0.563. The second kappa shape index (κ2) is 6.89. The largest absolute Gasteiger partial charge is 0.478 e. The first-order chi connectivity index (χ1) is 8.97. The maximum Gasteiger partial charge on any atom is 0.336 e. The Balaban J connectivity index is 2.74. The molecule has 3 N–H and O–H groups in total. The summed E-state index contributed by atoms with van der Waals surface area (Å²) in [5.41, 5.74) is 4.26. The van der Waals surface area contributed by atoms with Gasteiger partial charge < -0.3 is 5.11 Å². The Morgan fingerprint density at radius 1 is 1.21 bits per heavy atom. The molecule has 2 amide bonds. The minimum atomic E-state index is -1.20. The predicted molar refractivity (Wildman–Crippen MR) is 72.0 cm³/mol. The second-order valence-electron chi connectivity index (χ2n) is 3.67. The van der Waals surface area contributed by atoms with Crippen molar-refractivity contribution in [3.63, 3.8) is 0 Å². The lowest BCUT2D eigenvalue weighted by Gasteiger charge is -2.11. The molecule has 1 unspecified atom stereocenters. The van der Waals surface area contributed by atoms with E-state index in [1.807, 2.05) is 0 Å². The first-order valence-corrected chi connectivity index (χ1v) is 6.45. The number of aromatic carboxylic acids is 1. The highest BCUT2D eigenvalue weighted by atomic mass is 79.9. The number of hydrogen-bond acceptors (Lipinski definition) is 3. The molecule has 0 saturated carbocycles. The number of carboxylic acid groups (broad SMARTS) is 1. The standard InChI is InChI=1S/C12H13BrN2O4/c1-2-9(13)11(17)15-14-10(16)7-5-3-4-6-8(7)12(18)19/h3-6,9H,2H2,1H3,(H,14,16)(H,15,17)(H,18,19). The van der Waals surface area contributed by atoms with Crippen LogP contribution in [-0.2, 0) is 4.79 Å². The van der Waals surface area contributed by atoms with Crippen LogP contribution < -0.4 is 10.9 Å². The molecule has 1 rings (SSSR count). The molecule has 0 radical (unpaired) electrons. The van der Waals surface area contributed by atoms with Gasteiger partial charge in [0, 0.05) is 0 Å². The Bertz CT molecular complexity index is 504. The SMILES string of the molecule is CCC(Br)C(=O)NNC(=O)c1ccccc1C(=O)O. The van der Waals surface area contributed by atoms with Crippen molar-refractivity contribution in [2.45, 2.75) is 18.2 Å². The smallest absolute Gasteiger partial charge is 0.336 e. The molecular formula is C12H13BrN2O4. The summed E-state index contributed by atoms with van der Waals surface area (Å²) in [5.74, 6) is -2.28. The van der Waals surface area contributed by atoms with Crippen LogP contribution in [0.25, 0.3) is 0 Å². The van der Waals surface area contributed by atoms with Gasteiger partial charge in [-0.1, -0.05) is 35.0 Å². The topological polar surface area (TPSA) is 95.5 Å². The molecular weight excluding hydrogens is 316 g/mol. The molecule has 19 heavy (non-hydrogen) atoms. The number of halogens is 1. The molecule has 0 aliphatic heterocycles. The minimum Gasteiger partial charge on any atom is -0.478 e. The molecule has 0 aromatic heterocycles. The van der Waals surface area contributed by atoms with Crippen molar-refractivity contribution >= 4 is 33.7 Å². The van der Waals surface area contributed by atoms with Crippen molar-refractivity contribution < 1.29 is 19.5 Å². The summed E-state index contributed by atoms with van der Waals surface area (Å²) in [5, 5.41) is 8.94. The van der Waals surface area contributed by atoms with E-state index in [9.17, 15) is 14.4 Å². The Hall–Kier alpha value is -1.89. The zero-order chi connectivity index (χ0) is 14.4. The van der Waals surface area contributed by atoms with Gasteiger partial charge in [-0.2, -0.15) is 0 Å². The van der Waals surface area contributed by atoms with E-state index in [0.717, 1.165) is 0 Å². The van der Waals surface area contributed by atoms with Gasteiger partial charge in [0.15, 0.2) is 0 Å². The van der Waals surface area contributed by atoms with E-state index in [2.05, 4.69) is 26.8 Å². The summed E-state index contributed by atoms with van der Waals surface area (Å²) in [6, 6.07) is 5.75. The zero-order valence-electron chi connectivity index (χ0n) is 10.1. The second-order valence-corrected chi connectivity index (χ2v) is 4.78. The summed E-state index contributed by atoms with van der Waals surface area (Å²) in [4.78, 5) is 33.8. The van der Waals surface area contributed by atoms with E-state index in [4.69, 9.17) is 5.11 Å². The monoisotopic (exact) mass is 328 g/mol. The number of carbonyl (C=O) groups excluding carboxylic acids is 2. The average Bonchev–Trinajstić information content (AvgIpc) is 2.43. The molecule has 0 fully saturated rings. The van der Waals surface area contributed by atoms with Gasteiger partial charge in [0.1, 0.15) is 0 Å². The molecule has 102 valence electrons. The summed E-state index contributed by atoms with van der Waals surface area (Å²) < 4.78 is 0. The van der Waals surface area contributed by atoms with Crippen molar-refractivity contribution in [1.29, 1.82) is 0 Å². The molecule has 0 aliphatic rings. The Morgan fingerprint density at radius 2 is 1.79 bits per heavy atom. The average molecular weight is 329 g/mol. The van der Waals surface area contributed by atoms with Gasteiger partial charge in [0.05, 0.1) is 16.0 Å². The molecule has 0 spiro atoms. The van der Waals surface area contributed by atoms with Crippen LogP contribution in [0.4, 0.5) is 0 Å². The third kappa shape index (κ3) is 4.06. The fraction of sp³-hybridized carbons (Fsp3) is 0.250. The number of hydrazine groups is 1. The van der Waals surface area contributed by atoms with E-state index >= 15 is 0 Å². The summed E-state index contributed by atoms with van der Waals surface area (Å²) in [6.45, 7) is 1.81. The van der Waals surface area contributed by atoms with Crippen LogP contribution in [0.3, 0.4) is 0 Å². The highest BCUT2D eigenvalue weighted by Gasteiger charge is 2.17. The third-order valence-electron chi connectivity index (χ3n) is 2.34. The molecule has 7 heteroatoms. The van der Waals surface area contributed by atoms with Crippen LogP contribution in [0.2, 0.25) is 0 Å². The number of carbonyl (C=O) groups is 3. The Morgan fingerprint density at radius 3 is 2.32 bits per heavy atom. The van der Waals surface area contributed by atoms with Crippen LogP contribution in [-0.4, -0.2) is 27.7 Å². The first-order valence-electron chi connectivity index (χ1n) is 5.54. The third-order valence-corrected chi connectivity index (χ3v) is 3.41. The van der Waals surface area contributed by atoms with Crippen molar-refractivity contribution in [2.75, 3.05) is 0 Å². The van der Waals surface area contributed by atoms with Gasteiger partial charge >= 0.3 is 5.97 Å². The van der Waals surface area contributed by atoms with Crippen LogP contribution >= 0.6 is 15.9 Å². The fourth-order valence-corrected chi connectivity index (χ4v) is 1.43. The minimum absolute atomic E-state index is 0.0158. The van der Waals surface area contributed by atoms with Crippen LogP contribution in [0.15, 0.2) is 24.3 Å². The van der Waals surface area contributed by atoms with Gasteiger partial charge in [-0.25, -0.2) is 4.79 Å². The number of nitrogens with one attached hydrogen (secondary N) is 2. The number of benzene rings is 1. The summed E-state index contributed by atoms with van der Waals surface area (Å²) in [7, 11) is 0. The van der Waals surface area contributed by atoms with Crippen LogP contribution in [0, 0.1) is 0 Å². The molecule has 0 aliphatic carbocycles. The number of carboxylic acids is 1. The molecule has 0 bridgehead atoms. The normalized spacial score (nSPS) is 11.5. The van der Waals surface area contributed by atoms with Crippen LogP contribution in [0.5, 0.6) is 0 Å². The quantitative estimate of drug-likeness (QED) is 0.573. The zero-order valence-corrected chi connectivity index (χ0v) is 11.7. The van der Waals surface area contributed by atoms with Crippen LogP contribution in [0.1, 0.15) is 34.1 Å². The van der Waals surface area contributed by atoms with E-state index < -0.39 is 22.6 Å². The highest BCUT2D eigenvalue weighted by Crippen LogP contribution is 2.08. The van der Waals surface area contributed by atoms with Crippen molar-refractivity contribution in [2.24, 2.45) is 0 Å². The molecule has 1 aromatic carbocycles. The predicted octanol–water partition coefficient (Wildman–Crippen LogP) is 1.32. The van der Waals surface area contributed by atoms with Gasteiger partial charge in [-0.05, 0) is 18.6 Å². The van der Waals surface area contributed by atoms with Crippen molar-refractivity contribution in [3.05, 3.63) is 35.4 Å². The van der Waals surface area contributed by atoms with Crippen molar-refractivity contribution in [1.82, 2.24) is 10.9 Å². The molecule has 1 atom stereocenters. The fourth-order valence-electron chi connectivity index (χ4n) is 1.32.